The van der Waals surface area contributed by atoms with Crippen LogP contribution >= 0.6 is 0 Å². The van der Waals surface area contributed by atoms with Gasteiger partial charge in [-0.3, -0.25) is 0 Å². The lowest BCUT2D eigenvalue weighted by atomic mass is 10.1. The summed E-state index contributed by atoms with van der Waals surface area (Å²) in [4.78, 5) is 2.15. The highest BCUT2D eigenvalue weighted by Gasteiger charge is 2.22. The average molecular weight is 157 g/mol. The monoisotopic (exact) mass is 157 g/mol. The van der Waals surface area contributed by atoms with Crippen LogP contribution in [0.1, 0.15) is 32.1 Å². The molecule has 0 aromatic heterocycles. The Kier molecular flexibility index (Phi) is 3.34. The Labute approximate surface area is 69.2 Å². The third kappa shape index (κ3) is 2.46. The number of hydrogen-bond acceptors (Lipinski definition) is 2. The quantitative estimate of drug-likeness (QED) is 0.579. The van der Waals surface area contributed by atoms with E-state index in [1.165, 1.54) is 19.3 Å². The van der Waals surface area contributed by atoms with Crippen molar-refractivity contribution in [2.24, 2.45) is 0 Å². The standard InChI is InChI=1S/C9H19NO/c1-10(2)8-6-4-3-5-7-9(8)11/h8-9,11H,3-7H2,1-2H3/t8-,9-/m0/s1. The molecule has 1 aliphatic rings. The fourth-order valence-corrected chi connectivity index (χ4v) is 1.87. The number of aliphatic hydroxyl groups excluding tert-OH is 1. The highest BCUT2D eigenvalue weighted by Crippen LogP contribution is 2.20. The SMILES string of the molecule is CN(C)[C@H]1CCCCC[C@@H]1O. The van der Waals surface area contributed by atoms with E-state index in [2.05, 4.69) is 19.0 Å². The number of likely N-dealkylation sites (N-methyl/N-ethyl adjacent to an activating group) is 1. The van der Waals surface area contributed by atoms with Crippen LogP contribution in [0.25, 0.3) is 0 Å². The van der Waals surface area contributed by atoms with Crippen molar-refractivity contribution in [2.75, 3.05) is 14.1 Å². The molecule has 2 heteroatoms. The van der Waals surface area contributed by atoms with Crippen molar-refractivity contribution < 1.29 is 5.11 Å². The molecule has 0 radical (unpaired) electrons. The predicted molar refractivity (Wildman–Crippen MR) is 46.6 cm³/mol. The maximum absolute atomic E-state index is 9.68. The van der Waals surface area contributed by atoms with Crippen molar-refractivity contribution in [2.45, 2.75) is 44.2 Å². The molecule has 0 bridgehead atoms. The first kappa shape index (κ1) is 9.01. The minimum Gasteiger partial charge on any atom is -0.391 e. The van der Waals surface area contributed by atoms with Crippen LogP contribution in [0.3, 0.4) is 0 Å². The van der Waals surface area contributed by atoms with Gasteiger partial charge >= 0.3 is 0 Å². The molecule has 0 amide bonds. The molecule has 0 aromatic rings. The number of nitrogens with zero attached hydrogens (tertiary/aromatic N) is 1. The van der Waals surface area contributed by atoms with Gasteiger partial charge in [-0.2, -0.15) is 0 Å². The summed E-state index contributed by atoms with van der Waals surface area (Å²) in [6.45, 7) is 0. The molecule has 1 N–H and O–H groups in total. The Morgan fingerprint density at radius 1 is 1.09 bits per heavy atom. The summed E-state index contributed by atoms with van der Waals surface area (Å²) >= 11 is 0. The highest BCUT2D eigenvalue weighted by atomic mass is 16.3. The summed E-state index contributed by atoms with van der Waals surface area (Å²) in [7, 11) is 4.11. The van der Waals surface area contributed by atoms with Crippen molar-refractivity contribution in [3.63, 3.8) is 0 Å². The molecule has 1 saturated carbocycles. The molecular weight excluding hydrogens is 138 g/mol. The van der Waals surface area contributed by atoms with Crippen molar-refractivity contribution in [1.82, 2.24) is 4.90 Å². The normalized spacial score (nSPS) is 33.8. The Balaban J connectivity index is 2.45. The van der Waals surface area contributed by atoms with Gasteiger partial charge in [0, 0.05) is 6.04 Å². The third-order valence-corrected chi connectivity index (χ3v) is 2.61. The van der Waals surface area contributed by atoms with Crippen LogP contribution in [0, 0.1) is 0 Å². The van der Waals surface area contributed by atoms with Crippen LogP contribution < -0.4 is 0 Å². The van der Waals surface area contributed by atoms with Crippen LogP contribution in [0.15, 0.2) is 0 Å². The zero-order chi connectivity index (χ0) is 8.27. The summed E-state index contributed by atoms with van der Waals surface area (Å²) in [5, 5.41) is 9.68. The summed E-state index contributed by atoms with van der Waals surface area (Å²) in [6.07, 6.45) is 5.83. The molecule has 0 aliphatic heterocycles. The van der Waals surface area contributed by atoms with Gasteiger partial charge in [-0.25, -0.2) is 0 Å². The topological polar surface area (TPSA) is 23.5 Å². The zero-order valence-electron chi connectivity index (χ0n) is 7.58. The van der Waals surface area contributed by atoms with Gasteiger partial charge in [0.25, 0.3) is 0 Å². The van der Waals surface area contributed by atoms with Gasteiger partial charge in [0.05, 0.1) is 6.10 Å². The molecule has 2 atom stereocenters. The molecule has 1 fully saturated rings. The predicted octanol–water partition coefficient (Wildman–Crippen LogP) is 1.24. The highest BCUT2D eigenvalue weighted by molar-refractivity contribution is 4.78. The Bertz CT molecular complexity index is 114. The van der Waals surface area contributed by atoms with Crippen molar-refractivity contribution >= 4 is 0 Å². The molecule has 11 heavy (non-hydrogen) atoms. The minimum atomic E-state index is -0.0903. The Morgan fingerprint density at radius 3 is 2.36 bits per heavy atom. The van der Waals surface area contributed by atoms with E-state index >= 15 is 0 Å². The molecule has 1 rings (SSSR count). The van der Waals surface area contributed by atoms with E-state index in [1.807, 2.05) is 0 Å². The summed E-state index contributed by atoms with van der Waals surface area (Å²) in [6, 6.07) is 0.400. The largest absolute Gasteiger partial charge is 0.391 e. The molecule has 0 spiro atoms. The molecule has 0 heterocycles. The van der Waals surface area contributed by atoms with E-state index in [1.54, 1.807) is 0 Å². The minimum absolute atomic E-state index is 0.0903. The van der Waals surface area contributed by atoms with Gasteiger partial charge in [0.15, 0.2) is 0 Å². The first-order valence-electron chi connectivity index (χ1n) is 4.56. The van der Waals surface area contributed by atoms with Crippen LogP contribution in [0.2, 0.25) is 0 Å². The average Bonchev–Trinajstić information content (AvgIpc) is 2.13. The summed E-state index contributed by atoms with van der Waals surface area (Å²) in [5.74, 6) is 0. The molecule has 66 valence electrons. The van der Waals surface area contributed by atoms with Gasteiger partial charge in [-0.15, -0.1) is 0 Å². The lowest BCUT2D eigenvalue weighted by Gasteiger charge is -2.26. The van der Waals surface area contributed by atoms with Crippen LogP contribution in [-0.4, -0.2) is 36.2 Å². The molecule has 0 aromatic carbocycles. The third-order valence-electron chi connectivity index (χ3n) is 2.61. The molecule has 1 aliphatic carbocycles. The van der Waals surface area contributed by atoms with Crippen molar-refractivity contribution in [3.05, 3.63) is 0 Å². The first-order chi connectivity index (χ1) is 5.22. The summed E-state index contributed by atoms with van der Waals surface area (Å²) in [5.41, 5.74) is 0. The lowest BCUT2D eigenvalue weighted by molar-refractivity contribution is 0.0707. The van der Waals surface area contributed by atoms with Crippen LogP contribution in [0.5, 0.6) is 0 Å². The Morgan fingerprint density at radius 2 is 1.73 bits per heavy atom. The van der Waals surface area contributed by atoms with E-state index in [4.69, 9.17) is 0 Å². The fourth-order valence-electron chi connectivity index (χ4n) is 1.87. The fraction of sp³-hybridized carbons (Fsp3) is 1.00. The molecule has 2 nitrogen and oxygen atoms in total. The van der Waals surface area contributed by atoms with Crippen LogP contribution in [-0.2, 0) is 0 Å². The van der Waals surface area contributed by atoms with E-state index < -0.39 is 0 Å². The maximum Gasteiger partial charge on any atom is 0.0695 e. The molecule has 0 saturated heterocycles. The number of rotatable bonds is 1. The van der Waals surface area contributed by atoms with Crippen molar-refractivity contribution in [1.29, 1.82) is 0 Å². The van der Waals surface area contributed by atoms with Gasteiger partial charge in [-0.1, -0.05) is 19.3 Å². The van der Waals surface area contributed by atoms with E-state index in [0.717, 1.165) is 12.8 Å². The lowest BCUT2D eigenvalue weighted by Crippen LogP contribution is -2.37. The van der Waals surface area contributed by atoms with Gasteiger partial charge < -0.3 is 10.0 Å². The molecular formula is C9H19NO. The second-order valence-electron chi connectivity index (χ2n) is 3.74. The van der Waals surface area contributed by atoms with E-state index in [9.17, 15) is 5.11 Å². The second-order valence-corrected chi connectivity index (χ2v) is 3.74. The van der Waals surface area contributed by atoms with E-state index in [-0.39, 0.29) is 6.10 Å². The zero-order valence-corrected chi connectivity index (χ0v) is 7.58. The second kappa shape index (κ2) is 4.07. The van der Waals surface area contributed by atoms with Gasteiger partial charge in [0.2, 0.25) is 0 Å². The maximum atomic E-state index is 9.68. The van der Waals surface area contributed by atoms with E-state index in [0.29, 0.717) is 6.04 Å². The van der Waals surface area contributed by atoms with Crippen molar-refractivity contribution in [3.8, 4) is 0 Å². The number of aliphatic hydroxyl groups is 1. The summed E-state index contributed by atoms with van der Waals surface area (Å²) < 4.78 is 0. The Hall–Kier alpha value is -0.0800. The van der Waals surface area contributed by atoms with Crippen LogP contribution in [0.4, 0.5) is 0 Å². The van der Waals surface area contributed by atoms with Gasteiger partial charge in [0.1, 0.15) is 0 Å². The molecule has 0 unspecified atom stereocenters. The smallest absolute Gasteiger partial charge is 0.0695 e. The first-order valence-corrected chi connectivity index (χ1v) is 4.56. The van der Waals surface area contributed by atoms with Gasteiger partial charge in [-0.05, 0) is 26.9 Å². The number of hydrogen-bond donors (Lipinski definition) is 1.